The van der Waals surface area contributed by atoms with Crippen molar-refractivity contribution in [3.63, 3.8) is 0 Å². The maximum atomic E-state index is 11.8. The second-order valence-corrected chi connectivity index (χ2v) is 2.32. The lowest BCUT2D eigenvalue weighted by atomic mass is 10.1. The van der Waals surface area contributed by atoms with E-state index in [4.69, 9.17) is 0 Å². The predicted octanol–water partition coefficient (Wildman–Crippen LogP) is 2.41. The van der Waals surface area contributed by atoms with E-state index < -0.39 is 0 Å². The van der Waals surface area contributed by atoms with Crippen molar-refractivity contribution in [2.75, 3.05) is 0 Å². The molecule has 0 radical (unpaired) electrons. The average Bonchev–Trinajstić information content (AvgIpc) is 1.82. The second-order valence-electron chi connectivity index (χ2n) is 2.32. The summed E-state index contributed by atoms with van der Waals surface area (Å²) in [5.74, 6) is 0.259. The van der Waals surface area contributed by atoms with Crippen molar-refractivity contribution in [3.05, 3.63) is 11.8 Å². The third-order valence-electron chi connectivity index (χ3n) is 1.16. The van der Waals surface area contributed by atoms with E-state index in [1.165, 1.54) is 0 Å². The van der Waals surface area contributed by atoms with Crippen molar-refractivity contribution in [2.24, 2.45) is 5.92 Å². The Morgan fingerprint density at radius 3 is 2.33 bits per heavy atom. The minimum absolute atomic E-state index is 0.259. The molecule has 0 aromatic carbocycles. The Balaban J connectivity index is 3.81. The lowest BCUT2D eigenvalue weighted by Gasteiger charge is -2.05. The highest BCUT2D eigenvalue weighted by Crippen LogP contribution is 2.05. The lowest BCUT2D eigenvalue weighted by Crippen LogP contribution is -2.06. The molecule has 1 N–H and O–H groups in total. The van der Waals surface area contributed by atoms with Crippen LogP contribution < -0.4 is 5.54 Å². The molecular formula is C7H14FN. The van der Waals surface area contributed by atoms with Crippen molar-refractivity contribution in [1.29, 1.82) is 0 Å². The zero-order valence-corrected chi connectivity index (χ0v) is 6.24. The Morgan fingerprint density at radius 2 is 2.22 bits per heavy atom. The number of rotatable bonds is 3. The van der Waals surface area contributed by atoms with Crippen molar-refractivity contribution in [1.82, 2.24) is 5.54 Å². The molecule has 0 fully saturated rings. The van der Waals surface area contributed by atoms with Crippen molar-refractivity contribution >= 4 is 0 Å². The molecule has 0 saturated carbocycles. The number of allylic oxidation sites excluding steroid dienone is 2. The molecule has 0 amide bonds. The summed E-state index contributed by atoms with van der Waals surface area (Å²) in [6, 6.07) is 0. The van der Waals surface area contributed by atoms with Crippen LogP contribution >= 0.6 is 0 Å². The van der Waals surface area contributed by atoms with Crippen molar-refractivity contribution in [3.8, 4) is 0 Å². The highest BCUT2D eigenvalue weighted by atomic mass is 19.2. The van der Waals surface area contributed by atoms with Crippen LogP contribution in [0, 0.1) is 5.92 Å². The van der Waals surface area contributed by atoms with Gasteiger partial charge >= 0.3 is 0 Å². The number of hydrogen-bond donors (Lipinski definition) is 1. The SMILES string of the molecule is CC/C=C(\NF)C(C)C. The van der Waals surface area contributed by atoms with Crippen LogP contribution in [0.2, 0.25) is 0 Å². The van der Waals surface area contributed by atoms with Gasteiger partial charge in [-0.2, -0.15) is 0 Å². The maximum absolute atomic E-state index is 11.8. The quantitative estimate of drug-likeness (QED) is 0.580. The zero-order valence-electron chi connectivity index (χ0n) is 6.24. The standard InChI is InChI=1S/C7H14FN/c1-4-5-7(9-8)6(2)3/h5-6,9H,4H2,1-3H3/b7-5-. The molecule has 0 bridgehead atoms. The summed E-state index contributed by atoms with van der Waals surface area (Å²) in [4.78, 5) is 0. The minimum Gasteiger partial charge on any atom is -0.229 e. The summed E-state index contributed by atoms with van der Waals surface area (Å²) < 4.78 is 11.8. The minimum atomic E-state index is 0.259. The fourth-order valence-corrected chi connectivity index (χ4v) is 0.603. The Hall–Kier alpha value is -0.530. The molecule has 0 aromatic heterocycles. The average molecular weight is 131 g/mol. The fraction of sp³-hybridized carbons (Fsp3) is 0.714. The van der Waals surface area contributed by atoms with E-state index in [0.29, 0.717) is 5.70 Å². The lowest BCUT2D eigenvalue weighted by molar-refractivity contribution is 0.359. The first-order valence-corrected chi connectivity index (χ1v) is 3.29. The summed E-state index contributed by atoms with van der Waals surface area (Å²) in [7, 11) is 0. The van der Waals surface area contributed by atoms with E-state index in [1.807, 2.05) is 26.8 Å². The molecule has 0 rings (SSSR count). The van der Waals surface area contributed by atoms with Gasteiger partial charge in [-0.1, -0.05) is 26.8 Å². The van der Waals surface area contributed by atoms with E-state index in [9.17, 15) is 4.48 Å². The maximum Gasteiger partial charge on any atom is 0.0415 e. The van der Waals surface area contributed by atoms with Crippen LogP contribution in [0.25, 0.3) is 0 Å². The molecule has 54 valence electrons. The van der Waals surface area contributed by atoms with Gasteiger partial charge in [0.05, 0.1) is 0 Å². The predicted molar refractivity (Wildman–Crippen MR) is 37.5 cm³/mol. The molecule has 0 heterocycles. The second kappa shape index (κ2) is 4.36. The molecule has 9 heavy (non-hydrogen) atoms. The van der Waals surface area contributed by atoms with Gasteiger partial charge in [0, 0.05) is 5.70 Å². The molecule has 0 atom stereocenters. The Kier molecular flexibility index (Phi) is 4.10. The van der Waals surface area contributed by atoms with Gasteiger partial charge < -0.3 is 0 Å². The molecular weight excluding hydrogens is 117 g/mol. The molecule has 0 aliphatic heterocycles. The van der Waals surface area contributed by atoms with Crippen LogP contribution in [0.3, 0.4) is 0 Å². The smallest absolute Gasteiger partial charge is 0.0415 e. The van der Waals surface area contributed by atoms with E-state index in [2.05, 4.69) is 0 Å². The number of hydrogen-bond acceptors (Lipinski definition) is 1. The molecule has 0 aromatic rings. The van der Waals surface area contributed by atoms with Gasteiger partial charge in [0.2, 0.25) is 0 Å². The molecule has 0 saturated heterocycles. The first-order valence-electron chi connectivity index (χ1n) is 3.29. The summed E-state index contributed by atoms with van der Waals surface area (Å²) in [5, 5.41) is 0. The van der Waals surface area contributed by atoms with Gasteiger partial charge in [-0.25, -0.2) is 5.54 Å². The first kappa shape index (κ1) is 8.47. The van der Waals surface area contributed by atoms with Crippen LogP contribution in [-0.2, 0) is 0 Å². The van der Waals surface area contributed by atoms with Crippen LogP contribution in [-0.4, -0.2) is 0 Å². The number of halogens is 1. The van der Waals surface area contributed by atoms with Gasteiger partial charge in [0.1, 0.15) is 0 Å². The molecule has 0 spiro atoms. The van der Waals surface area contributed by atoms with E-state index >= 15 is 0 Å². The van der Waals surface area contributed by atoms with Crippen molar-refractivity contribution in [2.45, 2.75) is 27.2 Å². The molecule has 1 nitrogen and oxygen atoms in total. The van der Waals surface area contributed by atoms with Gasteiger partial charge in [-0.05, 0) is 12.3 Å². The topological polar surface area (TPSA) is 12.0 Å². The molecule has 2 heteroatoms. The highest BCUT2D eigenvalue weighted by Gasteiger charge is 1.98. The third kappa shape index (κ3) is 3.12. The first-order chi connectivity index (χ1) is 4.22. The van der Waals surface area contributed by atoms with Crippen LogP contribution in [0.5, 0.6) is 0 Å². The normalized spacial score (nSPS) is 12.3. The van der Waals surface area contributed by atoms with E-state index in [-0.39, 0.29) is 5.92 Å². The van der Waals surface area contributed by atoms with E-state index in [1.54, 1.807) is 5.54 Å². The summed E-state index contributed by atoms with van der Waals surface area (Å²) in [6.45, 7) is 5.89. The summed E-state index contributed by atoms with van der Waals surface area (Å²) in [6.07, 6.45) is 2.73. The monoisotopic (exact) mass is 131 g/mol. The van der Waals surface area contributed by atoms with E-state index in [0.717, 1.165) is 6.42 Å². The Labute approximate surface area is 55.9 Å². The highest BCUT2D eigenvalue weighted by molar-refractivity contribution is 4.99. The Bertz CT molecular complexity index is 97.1. The van der Waals surface area contributed by atoms with Gasteiger partial charge in [-0.15, -0.1) is 4.48 Å². The molecule has 0 unspecified atom stereocenters. The number of nitrogens with one attached hydrogen (secondary N) is 1. The van der Waals surface area contributed by atoms with Crippen LogP contribution in [0.4, 0.5) is 4.48 Å². The summed E-state index contributed by atoms with van der Waals surface area (Å²) >= 11 is 0. The Morgan fingerprint density at radius 1 is 1.67 bits per heavy atom. The zero-order chi connectivity index (χ0) is 7.28. The molecule has 0 aliphatic rings. The molecule has 0 aliphatic carbocycles. The fourth-order valence-electron chi connectivity index (χ4n) is 0.603. The third-order valence-corrected chi connectivity index (χ3v) is 1.16. The summed E-state index contributed by atoms with van der Waals surface area (Å²) in [5.41, 5.74) is 2.34. The van der Waals surface area contributed by atoms with Gasteiger partial charge in [-0.3, -0.25) is 0 Å². The largest absolute Gasteiger partial charge is 0.229 e. The van der Waals surface area contributed by atoms with Gasteiger partial charge in [0.15, 0.2) is 0 Å². The van der Waals surface area contributed by atoms with Crippen LogP contribution in [0.1, 0.15) is 27.2 Å². The van der Waals surface area contributed by atoms with Gasteiger partial charge in [0.25, 0.3) is 0 Å². The van der Waals surface area contributed by atoms with Crippen molar-refractivity contribution < 1.29 is 4.48 Å². The van der Waals surface area contributed by atoms with Crippen LogP contribution in [0.15, 0.2) is 11.8 Å².